The maximum absolute atomic E-state index is 13.2. The summed E-state index contributed by atoms with van der Waals surface area (Å²) in [6, 6.07) is 8.49. The van der Waals surface area contributed by atoms with Crippen molar-refractivity contribution in [3.8, 4) is 5.69 Å². The Balaban J connectivity index is 1.90. The number of amides is 1. The Hall–Kier alpha value is -2.33. The van der Waals surface area contributed by atoms with Crippen LogP contribution in [0.5, 0.6) is 0 Å². The molecular formula is C19H19F3N4OS2. The van der Waals surface area contributed by atoms with Crippen LogP contribution in [0.2, 0.25) is 0 Å². The maximum Gasteiger partial charge on any atom is 0.416 e. The number of carbonyl (C=O) groups is 1. The molecule has 29 heavy (non-hydrogen) atoms. The van der Waals surface area contributed by atoms with Crippen molar-refractivity contribution in [2.24, 2.45) is 0 Å². The standard InChI is InChI=1S/C19H19F3N4OS2/c1-2-3-9-29-18-25-24-16(12-23-17(27)15-8-5-10-28-15)26(18)14-7-4-6-13(11-14)19(20,21)22/h4-8,10-11H,2-3,9,12H2,1H3,(H,23,27). The molecule has 0 unspecified atom stereocenters. The zero-order valence-electron chi connectivity index (χ0n) is 15.6. The number of nitrogens with one attached hydrogen (secondary N) is 1. The Morgan fingerprint density at radius 3 is 2.76 bits per heavy atom. The van der Waals surface area contributed by atoms with Crippen molar-refractivity contribution in [1.82, 2.24) is 20.1 Å². The number of carbonyl (C=O) groups excluding carboxylic acids is 1. The van der Waals surface area contributed by atoms with Gasteiger partial charge in [-0.15, -0.1) is 21.5 Å². The summed E-state index contributed by atoms with van der Waals surface area (Å²) in [7, 11) is 0. The number of hydrogen-bond acceptors (Lipinski definition) is 5. The van der Waals surface area contributed by atoms with Crippen LogP contribution in [0.1, 0.15) is 40.8 Å². The molecular weight excluding hydrogens is 421 g/mol. The highest BCUT2D eigenvalue weighted by atomic mass is 32.2. The van der Waals surface area contributed by atoms with E-state index in [1.807, 2.05) is 0 Å². The predicted octanol–water partition coefficient (Wildman–Crippen LogP) is 5.17. The molecule has 0 saturated heterocycles. The summed E-state index contributed by atoms with van der Waals surface area (Å²) in [4.78, 5) is 12.8. The van der Waals surface area contributed by atoms with Gasteiger partial charge in [-0.1, -0.05) is 37.2 Å². The molecule has 0 atom stereocenters. The van der Waals surface area contributed by atoms with Crippen LogP contribution in [0.25, 0.3) is 5.69 Å². The van der Waals surface area contributed by atoms with Crippen molar-refractivity contribution in [2.75, 3.05) is 5.75 Å². The molecule has 0 aliphatic rings. The van der Waals surface area contributed by atoms with Crippen LogP contribution in [-0.4, -0.2) is 26.4 Å². The lowest BCUT2D eigenvalue weighted by Crippen LogP contribution is -2.24. The molecule has 3 rings (SSSR count). The Kier molecular flexibility index (Phi) is 6.96. The summed E-state index contributed by atoms with van der Waals surface area (Å²) < 4.78 is 41.1. The Morgan fingerprint density at radius 1 is 1.24 bits per heavy atom. The van der Waals surface area contributed by atoms with Gasteiger partial charge in [0.2, 0.25) is 0 Å². The fourth-order valence-corrected chi connectivity index (χ4v) is 4.25. The SMILES string of the molecule is CCCCSc1nnc(CNC(=O)c2cccs2)n1-c1cccc(C(F)(F)F)c1. The minimum atomic E-state index is -4.45. The molecule has 1 aromatic carbocycles. The van der Waals surface area contributed by atoms with E-state index in [-0.39, 0.29) is 12.5 Å². The third-order valence-corrected chi connectivity index (χ3v) is 5.90. The summed E-state index contributed by atoms with van der Waals surface area (Å²) in [5, 5.41) is 13.3. The van der Waals surface area contributed by atoms with Gasteiger partial charge in [0, 0.05) is 5.75 Å². The van der Waals surface area contributed by atoms with E-state index in [2.05, 4.69) is 22.4 Å². The smallest absolute Gasteiger partial charge is 0.344 e. The van der Waals surface area contributed by atoms with Gasteiger partial charge in [0.15, 0.2) is 11.0 Å². The van der Waals surface area contributed by atoms with Crippen molar-refractivity contribution in [2.45, 2.75) is 37.6 Å². The first-order valence-electron chi connectivity index (χ1n) is 8.96. The van der Waals surface area contributed by atoms with E-state index in [0.717, 1.165) is 30.7 Å². The molecule has 0 aliphatic carbocycles. The van der Waals surface area contributed by atoms with E-state index in [0.29, 0.717) is 21.5 Å². The fraction of sp³-hybridized carbons (Fsp3) is 0.316. The Labute approximate surface area is 174 Å². The number of nitrogens with zero attached hydrogens (tertiary/aromatic N) is 3. The van der Waals surface area contributed by atoms with Gasteiger partial charge in [0.1, 0.15) is 0 Å². The number of unbranched alkanes of at least 4 members (excludes halogenated alkanes) is 1. The number of rotatable bonds is 8. The van der Waals surface area contributed by atoms with Gasteiger partial charge in [0.25, 0.3) is 5.91 Å². The molecule has 2 heterocycles. The predicted molar refractivity (Wildman–Crippen MR) is 107 cm³/mol. The van der Waals surface area contributed by atoms with E-state index >= 15 is 0 Å². The van der Waals surface area contributed by atoms with Gasteiger partial charge >= 0.3 is 6.18 Å². The van der Waals surface area contributed by atoms with Crippen molar-refractivity contribution in [3.05, 3.63) is 58.0 Å². The van der Waals surface area contributed by atoms with Crippen LogP contribution >= 0.6 is 23.1 Å². The summed E-state index contributed by atoms with van der Waals surface area (Å²) in [5.74, 6) is 0.877. The first-order chi connectivity index (χ1) is 13.9. The van der Waals surface area contributed by atoms with Gasteiger partial charge in [-0.25, -0.2) is 0 Å². The molecule has 0 aliphatic heterocycles. The fourth-order valence-electron chi connectivity index (χ4n) is 2.55. The summed E-state index contributed by atoms with van der Waals surface area (Å²) in [5.41, 5.74) is -0.439. The second-order valence-electron chi connectivity index (χ2n) is 6.14. The van der Waals surface area contributed by atoms with Gasteiger partial charge < -0.3 is 5.32 Å². The first-order valence-corrected chi connectivity index (χ1v) is 10.8. The van der Waals surface area contributed by atoms with Crippen molar-refractivity contribution in [1.29, 1.82) is 0 Å². The second-order valence-corrected chi connectivity index (χ2v) is 8.15. The third kappa shape index (κ3) is 5.39. The highest BCUT2D eigenvalue weighted by molar-refractivity contribution is 7.99. The first kappa shape index (κ1) is 21.4. The molecule has 10 heteroatoms. The van der Waals surface area contributed by atoms with E-state index in [1.165, 1.54) is 29.2 Å². The molecule has 154 valence electrons. The van der Waals surface area contributed by atoms with Gasteiger partial charge in [-0.05, 0) is 36.1 Å². The third-order valence-electron chi connectivity index (χ3n) is 4.01. The second kappa shape index (κ2) is 9.45. The monoisotopic (exact) mass is 440 g/mol. The molecule has 1 N–H and O–H groups in total. The largest absolute Gasteiger partial charge is 0.416 e. The number of alkyl halides is 3. The normalized spacial score (nSPS) is 11.6. The molecule has 1 amide bonds. The minimum Gasteiger partial charge on any atom is -0.344 e. The number of thiophene rings is 1. The maximum atomic E-state index is 13.2. The van der Waals surface area contributed by atoms with Crippen molar-refractivity contribution < 1.29 is 18.0 Å². The highest BCUT2D eigenvalue weighted by Crippen LogP contribution is 2.31. The lowest BCUT2D eigenvalue weighted by Gasteiger charge is -2.13. The molecule has 0 fully saturated rings. The van der Waals surface area contributed by atoms with Crippen LogP contribution in [0.3, 0.4) is 0 Å². The molecule has 3 aromatic rings. The van der Waals surface area contributed by atoms with E-state index in [4.69, 9.17) is 0 Å². The van der Waals surface area contributed by atoms with E-state index in [1.54, 1.807) is 28.1 Å². The van der Waals surface area contributed by atoms with E-state index in [9.17, 15) is 18.0 Å². The highest BCUT2D eigenvalue weighted by Gasteiger charge is 2.31. The number of benzene rings is 1. The van der Waals surface area contributed by atoms with Crippen LogP contribution < -0.4 is 5.32 Å². The zero-order chi connectivity index (χ0) is 20.9. The summed E-state index contributed by atoms with van der Waals surface area (Å²) in [6.45, 7) is 2.11. The molecule has 0 radical (unpaired) electrons. The summed E-state index contributed by atoms with van der Waals surface area (Å²) >= 11 is 2.74. The Bertz CT molecular complexity index is 955. The molecule has 0 bridgehead atoms. The number of thioether (sulfide) groups is 1. The average Bonchev–Trinajstić information content (AvgIpc) is 3.36. The number of hydrogen-bond donors (Lipinski definition) is 1. The van der Waals surface area contributed by atoms with Gasteiger partial charge in [-0.2, -0.15) is 13.2 Å². The minimum absolute atomic E-state index is 0.0499. The average molecular weight is 441 g/mol. The molecule has 0 spiro atoms. The van der Waals surface area contributed by atoms with Crippen molar-refractivity contribution >= 4 is 29.0 Å². The van der Waals surface area contributed by atoms with Crippen LogP contribution in [0, 0.1) is 0 Å². The van der Waals surface area contributed by atoms with Gasteiger partial charge in [-0.3, -0.25) is 9.36 Å². The zero-order valence-corrected chi connectivity index (χ0v) is 17.2. The lowest BCUT2D eigenvalue weighted by atomic mass is 10.2. The van der Waals surface area contributed by atoms with Crippen LogP contribution in [0.15, 0.2) is 46.9 Å². The number of aromatic nitrogens is 3. The van der Waals surface area contributed by atoms with Crippen molar-refractivity contribution in [3.63, 3.8) is 0 Å². The van der Waals surface area contributed by atoms with Gasteiger partial charge in [0.05, 0.1) is 22.7 Å². The molecule has 0 saturated carbocycles. The molecule has 5 nitrogen and oxygen atoms in total. The summed E-state index contributed by atoms with van der Waals surface area (Å²) in [6.07, 6.45) is -2.51. The quantitative estimate of drug-likeness (QED) is 0.388. The molecule has 2 aromatic heterocycles. The topological polar surface area (TPSA) is 59.8 Å². The number of halogens is 3. The van der Waals surface area contributed by atoms with Crippen LogP contribution in [0.4, 0.5) is 13.2 Å². The van der Waals surface area contributed by atoms with E-state index < -0.39 is 11.7 Å². The Morgan fingerprint density at radius 2 is 2.07 bits per heavy atom. The lowest BCUT2D eigenvalue weighted by molar-refractivity contribution is -0.137. The van der Waals surface area contributed by atoms with Crippen LogP contribution in [-0.2, 0) is 12.7 Å².